The van der Waals surface area contributed by atoms with Crippen LogP contribution < -0.4 is 11.1 Å². The Hall–Kier alpha value is -3.26. The van der Waals surface area contributed by atoms with E-state index in [1.165, 1.54) is 22.4 Å². The lowest BCUT2D eigenvalue weighted by molar-refractivity contribution is 0.426. The van der Waals surface area contributed by atoms with Gasteiger partial charge in [-0.05, 0) is 47.0 Å². The molecule has 0 saturated carbocycles. The minimum absolute atomic E-state index is 0.0939. The highest BCUT2D eigenvalue weighted by molar-refractivity contribution is 5.76. The lowest BCUT2D eigenvalue weighted by Crippen LogP contribution is -2.30. The van der Waals surface area contributed by atoms with Crippen LogP contribution in [0.5, 0.6) is 0 Å². The van der Waals surface area contributed by atoms with Gasteiger partial charge in [0.1, 0.15) is 0 Å². The zero-order chi connectivity index (χ0) is 19.6. The van der Waals surface area contributed by atoms with E-state index < -0.39 is 0 Å². The summed E-state index contributed by atoms with van der Waals surface area (Å²) in [6.45, 7) is 4.65. The maximum atomic E-state index is 5.91. The van der Waals surface area contributed by atoms with Gasteiger partial charge in [-0.25, -0.2) is 0 Å². The van der Waals surface area contributed by atoms with E-state index >= 15 is 0 Å². The maximum Gasteiger partial charge on any atom is 0.0381 e. The van der Waals surface area contributed by atoms with Gasteiger partial charge in [-0.1, -0.05) is 80.6 Å². The Morgan fingerprint density at radius 2 is 1.36 bits per heavy atom. The summed E-state index contributed by atoms with van der Waals surface area (Å²) in [5, 5.41) is 3.66. The molecular formula is C26H26N2. The number of nitrogen functional groups attached to an aromatic ring is 1. The normalized spacial score (nSPS) is 18.1. The van der Waals surface area contributed by atoms with Crippen LogP contribution in [0.4, 0.5) is 11.4 Å². The molecule has 3 aromatic carbocycles. The largest absolute Gasteiger partial charge is 0.399 e. The van der Waals surface area contributed by atoms with Gasteiger partial charge in [-0.15, -0.1) is 0 Å². The molecule has 1 aliphatic carbocycles. The van der Waals surface area contributed by atoms with E-state index in [0.29, 0.717) is 0 Å². The quantitative estimate of drug-likeness (QED) is 0.519. The molecular weight excluding hydrogens is 340 g/mol. The Balaban J connectivity index is 1.81. The molecule has 2 heteroatoms. The number of nitrogens with two attached hydrogens (primary N) is 1. The predicted molar refractivity (Wildman–Crippen MR) is 120 cm³/mol. The second kappa shape index (κ2) is 7.40. The van der Waals surface area contributed by atoms with Crippen molar-refractivity contribution >= 4 is 16.9 Å². The first-order valence-electron chi connectivity index (χ1n) is 9.71. The van der Waals surface area contributed by atoms with Gasteiger partial charge in [0.05, 0.1) is 0 Å². The van der Waals surface area contributed by atoms with E-state index in [1.807, 2.05) is 18.2 Å². The van der Waals surface area contributed by atoms with Crippen molar-refractivity contribution in [2.75, 3.05) is 11.1 Å². The number of rotatable bonds is 4. The Kier molecular flexibility index (Phi) is 4.79. The molecule has 0 radical (unpaired) electrons. The summed E-state index contributed by atoms with van der Waals surface area (Å²) >= 11 is 0. The molecule has 3 aromatic rings. The van der Waals surface area contributed by atoms with E-state index in [1.54, 1.807) is 0 Å². The first kappa shape index (κ1) is 18.1. The fraction of sp³-hybridized carbons (Fsp3) is 0.154. The Bertz CT molecular complexity index is 997. The van der Waals surface area contributed by atoms with Crippen molar-refractivity contribution in [2.24, 2.45) is 5.41 Å². The van der Waals surface area contributed by atoms with Gasteiger partial charge in [0, 0.05) is 28.4 Å². The van der Waals surface area contributed by atoms with Crippen molar-refractivity contribution in [3.63, 3.8) is 0 Å². The molecule has 1 unspecified atom stereocenters. The summed E-state index contributed by atoms with van der Waals surface area (Å²) < 4.78 is 0. The topological polar surface area (TPSA) is 38.0 Å². The molecule has 0 aliphatic heterocycles. The van der Waals surface area contributed by atoms with Gasteiger partial charge in [0.15, 0.2) is 0 Å². The van der Waals surface area contributed by atoms with E-state index in [4.69, 9.17) is 5.73 Å². The number of benzene rings is 3. The number of hydrogen-bond acceptors (Lipinski definition) is 2. The Morgan fingerprint density at radius 1 is 0.750 bits per heavy atom. The highest BCUT2D eigenvalue weighted by Crippen LogP contribution is 2.52. The highest BCUT2D eigenvalue weighted by Gasteiger charge is 2.39. The van der Waals surface area contributed by atoms with Gasteiger partial charge < -0.3 is 11.1 Å². The second-order valence-corrected chi connectivity index (χ2v) is 7.88. The van der Waals surface area contributed by atoms with Crippen LogP contribution in [0.15, 0.2) is 103 Å². The van der Waals surface area contributed by atoms with E-state index in [-0.39, 0.29) is 11.3 Å². The van der Waals surface area contributed by atoms with Crippen LogP contribution in [-0.2, 0) is 0 Å². The maximum absolute atomic E-state index is 5.91. The van der Waals surface area contributed by atoms with Crippen LogP contribution >= 0.6 is 0 Å². The average Bonchev–Trinajstić information content (AvgIpc) is 2.70. The summed E-state index contributed by atoms with van der Waals surface area (Å²) in [6.07, 6.45) is 4.47. The molecule has 0 heterocycles. The first-order valence-corrected chi connectivity index (χ1v) is 9.71. The van der Waals surface area contributed by atoms with Crippen LogP contribution in [-0.4, -0.2) is 0 Å². The zero-order valence-electron chi connectivity index (χ0n) is 16.4. The summed E-state index contributed by atoms with van der Waals surface area (Å²) in [6, 6.07) is 29.3. The Morgan fingerprint density at radius 3 is 2.00 bits per heavy atom. The molecule has 0 spiro atoms. The lowest BCUT2D eigenvalue weighted by atomic mass is 9.64. The van der Waals surface area contributed by atoms with Crippen LogP contribution in [0.25, 0.3) is 5.57 Å². The molecule has 2 nitrogen and oxygen atoms in total. The summed E-state index contributed by atoms with van der Waals surface area (Å²) in [5.41, 5.74) is 12.8. The van der Waals surface area contributed by atoms with E-state index in [0.717, 1.165) is 11.4 Å². The molecule has 0 fully saturated rings. The van der Waals surface area contributed by atoms with Crippen LogP contribution in [0.3, 0.4) is 0 Å². The van der Waals surface area contributed by atoms with Gasteiger partial charge in [0.25, 0.3) is 0 Å². The van der Waals surface area contributed by atoms with E-state index in [2.05, 4.69) is 98.0 Å². The third kappa shape index (κ3) is 3.46. The number of nitrogens with one attached hydrogen (secondary N) is 1. The molecule has 0 bridgehead atoms. The summed E-state index contributed by atoms with van der Waals surface area (Å²) in [5.74, 6) is 0.214. The first-order chi connectivity index (χ1) is 13.6. The van der Waals surface area contributed by atoms with Gasteiger partial charge >= 0.3 is 0 Å². The molecule has 1 aliphatic rings. The van der Waals surface area contributed by atoms with Crippen molar-refractivity contribution in [1.82, 2.24) is 0 Å². The summed E-state index contributed by atoms with van der Waals surface area (Å²) in [4.78, 5) is 0. The molecule has 0 aromatic heterocycles. The number of anilines is 2. The summed E-state index contributed by atoms with van der Waals surface area (Å²) in [7, 11) is 0. The Labute approximate surface area is 167 Å². The number of allylic oxidation sites excluding steroid dienone is 4. The highest BCUT2D eigenvalue weighted by atomic mass is 14.9. The molecule has 1 atom stereocenters. The van der Waals surface area contributed by atoms with Crippen molar-refractivity contribution in [3.8, 4) is 0 Å². The SMILES string of the molecule is CC1(C)C(c2ccc(N)cc2)=CC=C(Nc2ccccc2)C1c1ccccc1. The standard InChI is InChI=1S/C26H26N2/c1-26(2)23(19-13-15-21(27)16-14-19)17-18-24(28-22-11-7-4-8-12-22)25(26)20-9-5-3-6-10-20/h3-18,25,28H,27H2,1-2H3. The van der Waals surface area contributed by atoms with Gasteiger partial charge in [-0.2, -0.15) is 0 Å². The van der Waals surface area contributed by atoms with Crippen molar-refractivity contribution in [3.05, 3.63) is 114 Å². The number of hydrogen-bond donors (Lipinski definition) is 2. The third-order valence-electron chi connectivity index (χ3n) is 5.57. The molecule has 4 rings (SSSR count). The molecule has 0 saturated heterocycles. The zero-order valence-corrected chi connectivity index (χ0v) is 16.4. The fourth-order valence-electron chi connectivity index (χ4n) is 4.20. The van der Waals surface area contributed by atoms with E-state index in [9.17, 15) is 0 Å². The monoisotopic (exact) mass is 366 g/mol. The minimum atomic E-state index is -0.0939. The van der Waals surface area contributed by atoms with Crippen LogP contribution in [0.1, 0.15) is 30.9 Å². The van der Waals surface area contributed by atoms with Gasteiger partial charge in [-0.3, -0.25) is 0 Å². The molecule has 0 amide bonds. The van der Waals surface area contributed by atoms with Crippen molar-refractivity contribution < 1.29 is 0 Å². The van der Waals surface area contributed by atoms with Crippen LogP contribution in [0.2, 0.25) is 0 Å². The molecule has 28 heavy (non-hydrogen) atoms. The second-order valence-electron chi connectivity index (χ2n) is 7.88. The fourth-order valence-corrected chi connectivity index (χ4v) is 4.20. The van der Waals surface area contributed by atoms with Crippen molar-refractivity contribution in [1.29, 1.82) is 0 Å². The van der Waals surface area contributed by atoms with Crippen LogP contribution in [0, 0.1) is 5.41 Å². The molecule has 140 valence electrons. The predicted octanol–water partition coefficient (Wildman–Crippen LogP) is 6.47. The number of para-hydroxylation sites is 1. The van der Waals surface area contributed by atoms with Gasteiger partial charge in [0.2, 0.25) is 0 Å². The minimum Gasteiger partial charge on any atom is -0.399 e. The van der Waals surface area contributed by atoms with Crippen molar-refractivity contribution in [2.45, 2.75) is 19.8 Å². The molecule has 3 N–H and O–H groups in total. The lowest BCUT2D eigenvalue weighted by Gasteiger charge is -2.41. The average molecular weight is 367 g/mol. The third-order valence-corrected chi connectivity index (χ3v) is 5.57. The smallest absolute Gasteiger partial charge is 0.0381 e.